The Bertz CT molecular complexity index is 773. The van der Waals surface area contributed by atoms with Gasteiger partial charge in [-0.3, -0.25) is 29.2 Å². The molecule has 0 aromatic heterocycles. The van der Waals surface area contributed by atoms with Crippen LogP contribution >= 0.6 is 0 Å². The number of hydroxylamine groups is 1. The lowest BCUT2D eigenvalue weighted by molar-refractivity contribution is -0.137. The molecule has 5 amide bonds. The van der Waals surface area contributed by atoms with Crippen molar-refractivity contribution >= 4 is 29.5 Å². The summed E-state index contributed by atoms with van der Waals surface area (Å²) in [4.78, 5) is 63.1. The molecule has 0 rings (SSSR count). The van der Waals surface area contributed by atoms with E-state index in [0.717, 1.165) is 0 Å². The monoisotopic (exact) mass is 542 g/mol. The Balaban J connectivity index is 5.70. The number of nitrogens with one attached hydrogen (secondary N) is 4. The highest BCUT2D eigenvalue weighted by Crippen LogP contribution is 2.17. The van der Waals surface area contributed by atoms with Gasteiger partial charge in [0.05, 0.1) is 0 Å². The molecule has 0 aromatic rings. The number of primary amides is 1. The second-order valence-electron chi connectivity index (χ2n) is 11.2. The van der Waals surface area contributed by atoms with E-state index in [0.29, 0.717) is 45.1 Å². The number of unbranched alkanes of at least 4 members (excludes halogenated alkanes) is 1. The van der Waals surface area contributed by atoms with Crippen molar-refractivity contribution in [2.24, 2.45) is 35.1 Å². The SMILES string of the molecule is CC(C)C[C@H](CC(=O)NO)C(=O)N[C@@H](CC(C)C)C(=O)N[C@@H](CC(C)C)C(=O)N[C@@H](CCCCN)C(N)=O. The number of amides is 5. The van der Waals surface area contributed by atoms with E-state index in [-0.39, 0.29) is 24.2 Å². The van der Waals surface area contributed by atoms with Crippen LogP contribution in [0.15, 0.2) is 0 Å². The first-order valence-electron chi connectivity index (χ1n) is 13.5. The van der Waals surface area contributed by atoms with Gasteiger partial charge in [0.15, 0.2) is 0 Å². The molecule has 4 atom stereocenters. The lowest BCUT2D eigenvalue weighted by atomic mass is 9.92. The van der Waals surface area contributed by atoms with Gasteiger partial charge in [0, 0.05) is 12.3 Å². The van der Waals surface area contributed by atoms with Gasteiger partial charge in [-0.05, 0) is 62.8 Å². The Morgan fingerprint density at radius 2 is 1.13 bits per heavy atom. The zero-order chi connectivity index (χ0) is 29.4. The summed E-state index contributed by atoms with van der Waals surface area (Å²) in [6, 6.07) is -2.79. The first-order valence-corrected chi connectivity index (χ1v) is 13.5. The molecule has 0 heterocycles. The number of hydrogen-bond donors (Lipinski definition) is 7. The predicted octanol–water partition coefficient (Wildman–Crippen LogP) is 0.705. The molecule has 12 nitrogen and oxygen atoms in total. The minimum atomic E-state index is -0.951. The van der Waals surface area contributed by atoms with E-state index < -0.39 is 53.6 Å². The van der Waals surface area contributed by atoms with Crippen molar-refractivity contribution in [3.63, 3.8) is 0 Å². The summed E-state index contributed by atoms with van der Waals surface area (Å²) >= 11 is 0. The maximum absolute atomic E-state index is 13.3. The average Bonchev–Trinajstić information content (AvgIpc) is 2.80. The van der Waals surface area contributed by atoms with Gasteiger partial charge in [-0.2, -0.15) is 0 Å². The zero-order valence-electron chi connectivity index (χ0n) is 23.8. The molecule has 0 spiro atoms. The summed E-state index contributed by atoms with van der Waals surface area (Å²) in [5.41, 5.74) is 12.5. The molecule has 0 aromatic carbocycles. The molecule has 0 saturated carbocycles. The highest BCUT2D eigenvalue weighted by Gasteiger charge is 2.32. The van der Waals surface area contributed by atoms with Crippen LogP contribution in [0.5, 0.6) is 0 Å². The van der Waals surface area contributed by atoms with Gasteiger partial charge in [-0.25, -0.2) is 5.48 Å². The number of nitrogens with two attached hydrogens (primary N) is 2. The molecular formula is C26H50N6O6. The molecule has 0 unspecified atom stereocenters. The van der Waals surface area contributed by atoms with Gasteiger partial charge in [0.2, 0.25) is 29.5 Å². The second kappa shape index (κ2) is 18.5. The lowest BCUT2D eigenvalue weighted by Gasteiger charge is -2.27. The average molecular weight is 543 g/mol. The number of rotatable bonds is 19. The fourth-order valence-corrected chi connectivity index (χ4v) is 4.14. The molecular weight excluding hydrogens is 492 g/mol. The second-order valence-corrected chi connectivity index (χ2v) is 11.2. The third kappa shape index (κ3) is 14.9. The van der Waals surface area contributed by atoms with Gasteiger partial charge in [0.1, 0.15) is 18.1 Å². The van der Waals surface area contributed by atoms with Gasteiger partial charge < -0.3 is 27.4 Å². The van der Waals surface area contributed by atoms with Crippen LogP contribution in [-0.4, -0.2) is 59.4 Å². The van der Waals surface area contributed by atoms with Crippen LogP contribution in [-0.2, 0) is 24.0 Å². The molecule has 12 heteroatoms. The smallest absolute Gasteiger partial charge is 0.244 e. The summed E-state index contributed by atoms with van der Waals surface area (Å²) in [6.45, 7) is 11.9. The summed E-state index contributed by atoms with van der Waals surface area (Å²) < 4.78 is 0. The van der Waals surface area contributed by atoms with Crippen molar-refractivity contribution in [3.05, 3.63) is 0 Å². The van der Waals surface area contributed by atoms with Gasteiger partial charge in [-0.15, -0.1) is 0 Å². The van der Waals surface area contributed by atoms with Crippen molar-refractivity contribution in [1.29, 1.82) is 0 Å². The number of hydrogen-bond acceptors (Lipinski definition) is 7. The number of carbonyl (C=O) groups excluding carboxylic acids is 5. The quantitative estimate of drug-likeness (QED) is 0.0706. The zero-order valence-corrected chi connectivity index (χ0v) is 23.8. The minimum absolute atomic E-state index is 0.0366. The molecule has 0 saturated heterocycles. The van der Waals surface area contributed by atoms with E-state index >= 15 is 0 Å². The summed E-state index contributed by atoms with van der Waals surface area (Å²) in [7, 11) is 0. The Kier molecular flexibility index (Phi) is 17.2. The number of carbonyl (C=O) groups is 5. The van der Waals surface area contributed by atoms with Crippen LogP contribution < -0.4 is 32.9 Å². The Morgan fingerprint density at radius 1 is 0.684 bits per heavy atom. The van der Waals surface area contributed by atoms with Crippen molar-refractivity contribution in [2.75, 3.05) is 6.54 Å². The van der Waals surface area contributed by atoms with Gasteiger partial charge in [-0.1, -0.05) is 41.5 Å². The van der Waals surface area contributed by atoms with Gasteiger partial charge >= 0.3 is 0 Å². The Morgan fingerprint density at radius 3 is 1.53 bits per heavy atom. The van der Waals surface area contributed by atoms with Crippen molar-refractivity contribution in [3.8, 4) is 0 Å². The van der Waals surface area contributed by atoms with Crippen molar-refractivity contribution in [1.82, 2.24) is 21.4 Å². The fraction of sp³-hybridized carbons (Fsp3) is 0.808. The normalized spacial score (nSPS) is 14.5. The molecule has 0 radical (unpaired) electrons. The van der Waals surface area contributed by atoms with Crippen LogP contribution in [0.25, 0.3) is 0 Å². The van der Waals surface area contributed by atoms with Crippen molar-refractivity contribution < 1.29 is 29.2 Å². The predicted molar refractivity (Wildman–Crippen MR) is 144 cm³/mol. The molecule has 0 bridgehead atoms. The fourth-order valence-electron chi connectivity index (χ4n) is 4.14. The largest absolute Gasteiger partial charge is 0.368 e. The van der Waals surface area contributed by atoms with E-state index in [2.05, 4.69) is 16.0 Å². The van der Waals surface area contributed by atoms with E-state index in [1.165, 1.54) is 0 Å². The highest BCUT2D eigenvalue weighted by molar-refractivity contribution is 5.94. The van der Waals surface area contributed by atoms with Crippen LogP contribution in [0.3, 0.4) is 0 Å². The van der Waals surface area contributed by atoms with E-state index in [9.17, 15) is 24.0 Å². The lowest BCUT2D eigenvalue weighted by Crippen LogP contribution is -2.57. The molecule has 220 valence electrons. The highest BCUT2D eigenvalue weighted by atomic mass is 16.5. The summed E-state index contributed by atoms with van der Waals surface area (Å²) in [5.74, 6) is -3.49. The third-order valence-electron chi connectivity index (χ3n) is 5.97. The Labute approximate surface area is 226 Å². The standard InChI is InChI=1S/C26H50N6O6/c1-15(2)11-18(14-22(33)32-38)24(35)30-20(12-16(3)4)26(37)31-21(13-17(5)6)25(36)29-19(23(28)34)9-7-8-10-27/h15-21,38H,7-14,27H2,1-6H3,(H2,28,34)(H,29,36)(H,30,35)(H,31,37)(H,32,33)/t18-,19+,20+,21+/m1/s1. The van der Waals surface area contributed by atoms with Gasteiger partial charge in [0.25, 0.3) is 0 Å². The summed E-state index contributed by atoms with van der Waals surface area (Å²) in [6.07, 6.45) is 2.39. The van der Waals surface area contributed by atoms with E-state index in [1.54, 1.807) is 5.48 Å². The third-order valence-corrected chi connectivity index (χ3v) is 5.97. The molecule has 0 fully saturated rings. The first kappa shape index (κ1) is 35.3. The molecule has 0 aliphatic heterocycles. The van der Waals surface area contributed by atoms with Crippen LogP contribution in [0.1, 0.15) is 86.5 Å². The van der Waals surface area contributed by atoms with Crippen LogP contribution in [0.2, 0.25) is 0 Å². The Hall–Kier alpha value is -2.73. The van der Waals surface area contributed by atoms with Crippen LogP contribution in [0, 0.1) is 23.7 Å². The topological polar surface area (TPSA) is 206 Å². The van der Waals surface area contributed by atoms with E-state index in [4.69, 9.17) is 16.7 Å². The van der Waals surface area contributed by atoms with Crippen LogP contribution in [0.4, 0.5) is 0 Å². The molecule has 9 N–H and O–H groups in total. The molecule has 0 aliphatic carbocycles. The maximum Gasteiger partial charge on any atom is 0.244 e. The molecule has 38 heavy (non-hydrogen) atoms. The molecule has 0 aliphatic rings. The first-order chi connectivity index (χ1) is 17.7. The minimum Gasteiger partial charge on any atom is -0.368 e. The maximum atomic E-state index is 13.3. The van der Waals surface area contributed by atoms with E-state index in [1.807, 2.05) is 41.5 Å². The summed E-state index contributed by atoms with van der Waals surface area (Å²) in [5, 5.41) is 17.0. The van der Waals surface area contributed by atoms with Crippen molar-refractivity contribution in [2.45, 2.75) is 105 Å².